The molecular weight excluding hydrogens is 208 g/mol. The standard InChI is InChI=1S/C16H28O/c1-2-3-4-5-6-7-8-9-10-11-12-13-14-15-16-17/h11-14,16H,2-10,15H2,1H3. The van der Waals surface area contributed by atoms with Crippen LogP contribution in [-0.2, 0) is 4.79 Å². The molecule has 0 heterocycles. The molecule has 0 aliphatic heterocycles. The molecule has 0 aliphatic carbocycles. The van der Waals surface area contributed by atoms with E-state index in [2.05, 4.69) is 13.0 Å². The Kier molecular flexibility index (Phi) is 14.4. The van der Waals surface area contributed by atoms with E-state index in [1.54, 1.807) is 0 Å². The summed E-state index contributed by atoms with van der Waals surface area (Å²) in [6, 6.07) is 0. The zero-order chi connectivity index (χ0) is 12.6. The first-order chi connectivity index (χ1) is 8.41. The van der Waals surface area contributed by atoms with Gasteiger partial charge in [0.15, 0.2) is 0 Å². The second-order valence-corrected chi connectivity index (χ2v) is 4.52. The number of carbonyl (C=O) groups is 1. The SMILES string of the molecule is CCCCCCCCCCC=CC=CCC=O. The van der Waals surface area contributed by atoms with Crippen molar-refractivity contribution in [2.45, 2.75) is 71.1 Å². The van der Waals surface area contributed by atoms with Crippen LogP contribution in [0, 0.1) is 0 Å². The van der Waals surface area contributed by atoms with Gasteiger partial charge in [-0.25, -0.2) is 0 Å². The number of aldehydes is 1. The molecule has 1 nitrogen and oxygen atoms in total. The predicted octanol–water partition coefficient (Wildman–Crippen LogP) is 5.22. The van der Waals surface area contributed by atoms with Crippen molar-refractivity contribution in [3.8, 4) is 0 Å². The Labute approximate surface area is 107 Å². The topological polar surface area (TPSA) is 17.1 Å². The van der Waals surface area contributed by atoms with Crippen LogP contribution in [0.5, 0.6) is 0 Å². The van der Waals surface area contributed by atoms with E-state index in [1.165, 1.54) is 57.8 Å². The van der Waals surface area contributed by atoms with Crippen LogP contribution >= 0.6 is 0 Å². The highest BCUT2D eigenvalue weighted by atomic mass is 16.1. The Balaban J connectivity index is 3.10. The first-order valence-electron chi connectivity index (χ1n) is 7.17. The van der Waals surface area contributed by atoms with E-state index in [0.717, 1.165) is 6.29 Å². The molecule has 0 N–H and O–H groups in total. The summed E-state index contributed by atoms with van der Waals surface area (Å²) < 4.78 is 0. The van der Waals surface area contributed by atoms with E-state index >= 15 is 0 Å². The van der Waals surface area contributed by atoms with Gasteiger partial charge in [0.2, 0.25) is 0 Å². The molecule has 0 aromatic rings. The van der Waals surface area contributed by atoms with Gasteiger partial charge in [0, 0.05) is 6.42 Å². The van der Waals surface area contributed by atoms with Crippen molar-refractivity contribution in [1.29, 1.82) is 0 Å². The minimum atomic E-state index is 0.530. The lowest BCUT2D eigenvalue weighted by Gasteiger charge is -1.99. The minimum absolute atomic E-state index is 0.530. The highest BCUT2D eigenvalue weighted by Gasteiger charge is 1.89. The van der Waals surface area contributed by atoms with Crippen LogP contribution in [0.1, 0.15) is 71.1 Å². The number of allylic oxidation sites excluding steroid dienone is 4. The minimum Gasteiger partial charge on any atom is -0.303 e. The fraction of sp³-hybridized carbons (Fsp3) is 0.688. The molecule has 1 heteroatoms. The number of hydrogen-bond acceptors (Lipinski definition) is 1. The van der Waals surface area contributed by atoms with Crippen molar-refractivity contribution in [3.05, 3.63) is 24.3 Å². The third kappa shape index (κ3) is 15.1. The van der Waals surface area contributed by atoms with E-state index < -0.39 is 0 Å². The fourth-order valence-electron chi connectivity index (χ4n) is 1.78. The first kappa shape index (κ1) is 16.1. The Morgan fingerprint density at radius 2 is 1.35 bits per heavy atom. The number of carbonyl (C=O) groups excluding carboxylic acids is 1. The molecule has 0 aromatic heterocycles. The van der Waals surface area contributed by atoms with Crippen molar-refractivity contribution in [3.63, 3.8) is 0 Å². The van der Waals surface area contributed by atoms with Crippen molar-refractivity contribution in [2.24, 2.45) is 0 Å². The summed E-state index contributed by atoms with van der Waals surface area (Å²) in [5, 5.41) is 0. The normalized spacial score (nSPS) is 11.6. The number of unbranched alkanes of at least 4 members (excludes halogenated alkanes) is 8. The van der Waals surface area contributed by atoms with E-state index in [9.17, 15) is 4.79 Å². The van der Waals surface area contributed by atoms with Crippen molar-refractivity contribution >= 4 is 6.29 Å². The van der Waals surface area contributed by atoms with Crippen molar-refractivity contribution in [2.75, 3.05) is 0 Å². The molecule has 0 aliphatic rings. The summed E-state index contributed by atoms with van der Waals surface area (Å²) in [6.45, 7) is 2.26. The number of rotatable bonds is 12. The fourth-order valence-corrected chi connectivity index (χ4v) is 1.78. The molecule has 0 bridgehead atoms. The molecule has 0 aromatic carbocycles. The van der Waals surface area contributed by atoms with Crippen LogP contribution in [0.4, 0.5) is 0 Å². The van der Waals surface area contributed by atoms with E-state index in [-0.39, 0.29) is 0 Å². The quantitative estimate of drug-likeness (QED) is 0.258. The average Bonchev–Trinajstić information content (AvgIpc) is 2.35. The van der Waals surface area contributed by atoms with E-state index in [4.69, 9.17) is 0 Å². The van der Waals surface area contributed by atoms with Gasteiger partial charge in [-0.05, 0) is 12.8 Å². The average molecular weight is 236 g/mol. The van der Waals surface area contributed by atoms with Crippen LogP contribution in [0.2, 0.25) is 0 Å². The molecule has 0 radical (unpaired) electrons. The highest BCUT2D eigenvalue weighted by molar-refractivity contribution is 5.52. The van der Waals surface area contributed by atoms with Gasteiger partial charge < -0.3 is 4.79 Å². The molecule has 0 atom stereocenters. The molecule has 0 saturated carbocycles. The van der Waals surface area contributed by atoms with E-state index in [0.29, 0.717) is 6.42 Å². The molecule has 98 valence electrons. The largest absolute Gasteiger partial charge is 0.303 e. The Morgan fingerprint density at radius 3 is 2.00 bits per heavy atom. The summed E-state index contributed by atoms with van der Waals surface area (Å²) in [4.78, 5) is 10.0. The van der Waals surface area contributed by atoms with Crippen LogP contribution in [0.3, 0.4) is 0 Å². The van der Waals surface area contributed by atoms with Gasteiger partial charge >= 0.3 is 0 Å². The van der Waals surface area contributed by atoms with Crippen LogP contribution < -0.4 is 0 Å². The summed E-state index contributed by atoms with van der Waals surface area (Å²) >= 11 is 0. The molecular formula is C16H28O. The first-order valence-corrected chi connectivity index (χ1v) is 7.17. The van der Waals surface area contributed by atoms with Gasteiger partial charge in [0.05, 0.1) is 0 Å². The summed E-state index contributed by atoms with van der Waals surface area (Å²) in [7, 11) is 0. The maximum Gasteiger partial charge on any atom is 0.123 e. The van der Waals surface area contributed by atoms with Crippen LogP contribution in [0.25, 0.3) is 0 Å². The number of hydrogen-bond donors (Lipinski definition) is 0. The summed E-state index contributed by atoms with van der Waals surface area (Å²) in [5.41, 5.74) is 0. The van der Waals surface area contributed by atoms with Gasteiger partial charge in [-0.15, -0.1) is 0 Å². The highest BCUT2D eigenvalue weighted by Crippen LogP contribution is 2.09. The second kappa shape index (κ2) is 15.1. The smallest absolute Gasteiger partial charge is 0.123 e. The van der Waals surface area contributed by atoms with Gasteiger partial charge in [-0.2, -0.15) is 0 Å². The van der Waals surface area contributed by atoms with E-state index in [1.807, 2.05) is 18.2 Å². The van der Waals surface area contributed by atoms with Crippen LogP contribution in [-0.4, -0.2) is 6.29 Å². The van der Waals surface area contributed by atoms with Gasteiger partial charge in [0.1, 0.15) is 6.29 Å². The zero-order valence-electron chi connectivity index (χ0n) is 11.4. The van der Waals surface area contributed by atoms with Crippen molar-refractivity contribution < 1.29 is 4.79 Å². The molecule has 0 rings (SSSR count). The van der Waals surface area contributed by atoms with Crippen LogP contribution in [0.15, 0.2) is 24.3 Å². The van der Waals surface area contributed by atoms with Crippen molar-refractivity contribution in [1.82, 2.24) is 0 Å². The molecule has 0 saturated heterocycles. The maximum atomic E-state index is 10.0. The van der Waals surface area contributed by atoms with Gasteiger partial charge in [-0.1, -0.05) is 76.2 Å². The molecule has 0 spiro atoms. The Hall–Kier alpha value is -0.850. The maximum absolute atomic E-state index is 10.0. The lowest BCUT2D eigenvalue weighted by atomic mass is 10.1. The molecule has 0 amide bonds. The summed E-state index contributed by atoms with van der Waals surface area (Å²) in [6.07, 6.45) is 21.7. The third-order valence-electron chi connectivity index (χ3n) is 2.84. The summed E-state index contributed by atoms with van der Waals surface area (Å²) in [5.74, 6) is 0. The Bertz CT molecular complexity index is 204. The second-order valence-electron chi connectivity index (χ2n) is 4.52. The lowest BCUT2D eigenvalue weighted by molar-refractivity contribution is -0.107. The lowest BCUT2D eigenvalue weighted by Crippen LogP contribution is -1.79. The monoisotopic (exact) mass is 236 g/mol. The van der Waals surface area contributed by atoms with Gasteiger partial charge in [-0.3, -0.25) is 0 Å². The third-order valence-corrected chi connectivity index (χ3v) is 2.84. The predicted molar refractivity (Wildman–Crippen MR) is 76.2 cm³/mol. The molecule has 0 unspecified atom stereocenters. The molecule has 17 heavy (non-hydrogen) atoms. The van der Waals surface area contributed by atoms with Gasteiger partial charge in [0.25, 0.3) is 0 Å². The molecule has 0 fully saturated rings. The Morgan fingerprint density at radius 1 is 0.765 bits per heavy atom. The zero-order valence-corrected chi connectivity index (χ0v) is 11.4.